The number of halogens is 2. The molecule has 0 radical (unpaired) electrons. The molecule has 2 N–H and O–H groups in total. The van der Waals surface area contributed by atoms with Crippen LogP contribution < -0.4 is 10.6 Å². The van der Waals surface area contributed by atoms with Gasteiger partial charge < -0.3 is 10.6 Å². The van der Waals surface area contributed by atoms with E-state index >= 15 is 0 Å². The molecule has 0 saturated carbocycles. The zero-order chi connectivity index (χ0) is 12.3. The van der Waals surface area contributed by atoms with E-state index in [9.17, 15) is 9.18 Å². The molecule has 0 unspecified atom stereocenters. The Kier molecular flexibility index (Phi) is 3.97. The van der Waals surface area contributed by atoms with Crippen LogP contribution in [0.3, 0.4) is 0 Å². The van der Waals surface area contributed by atoms with Crippen molar-refractivity contribution in [3.8, 4) is 0 Å². The van der Waals surface area contributed by atoms with Crippen molar-refractivity contribution in [2.75, 3.05) is 11.9 Å². The standard InChI is InChI=1S/C12H14ClFN2O/c13-9-7-8(4-5-10(9)14)16-12(17)11-3-1-2-6-15-11/h4-5,7,11,15H,1-3,6H2,(H,16,17)/t11-/m1/s1. The number of rotatable bonds is 2. The zero-order valence-corrected chi connectivity index (χ0v) is 10.1. The van der Waals surface area contributed by atoms with Crippen molar-refractivity contribution in [1.82, 2.24) is 5.32 Å². The van der Waals surface area contributed by atoms with Gasteiger partial charge in [-0.2, -0.15) is 0 Å². The third-order valence-corrected chi connectivity index (χ3v) is 3.10. The first kappa shape index (κ1) is 12.3. The molecule has 1 saturated heterocycles. The molecule has 1 heterocycles. The molecule has 2 rings (SSSR count). The fourth-order valence-electron chi connectivity index (χ4n) is 1.88. The van der Waals surface area contributed by atoms with Crippen molar-refractivity contribution in [2.45, 2.75) is 25.3 Å². The quantitative estimate of drug-likeness (QED) is 0.854. The van der Waals surface area contributed by atoms with Gasteiger partial charge in [-0.05, 0) is 37.6 Å². The van der Waals surface area contributed by atoms with Gasteiger partial charge in [0.1, 0.15) is 5.82 Å². The van der Waals surface area contributed by atoms with Crippen molar-refractivity contribution < 1.29 is 9.18 Å². The molecule has 3 nitrogen and oxygen atoms in total. The topological polar surface area (TPSA) is 41.1 Å². The second-order valence-corrected chi connectivity index (χ2v) is 4.53. The number of hydrogen-bond acceptors (Lipinski definition) is 2. The van der Waals surface area contributed by atoms with Crippen LogP contribution in [-0.2, 0) is 4.79 Å². The van der Waals surface area contributed by atoms with Crippen LogP contribution >= 0.6 is 11.6 Å². The van der Waals surface area contributed by atoms with Gasteiger partial charge in [0, 0.05) is 5.69 Å². The number of carbonyl (C=O) groups excluding carboxylic acids is 1. The van der Waals surface area contributed by atoms with Gasteiger partial charge in [0.15, 0.2) is 0 Å². The number of anilines is 1. The Morgan fingerprint density at radius 1 is 1.47 bits per heavy atom. The molecule has 1 atom stereocenters. The summed E-state index contributed by atoms with van der Waals surface area (Å²) < 4.78 is 12.9. The van der Waals surface area contributed by atoms with E-state index in [1.54, 1.807) is 0 Å². The van der Waals surface area contributed by atoms with E-state index in [-0.39, 0.29) is 17.0 Å². The maximum Gasteiger partial charge on any atom is 0.241 e. The Hall–Kier alpha value is -1.13. The van der Waals surface area contributed by atoms with E-state index in [0.29, 0.717) is 5.69 Å². The van der Waals surface area contributed by atoms with Gasteiger partial charge in [0.25, 0.3) is 0 Å². The summed E-state index contributed by atoms with van der Waals surface area (Å²) in [6, 6.07) is 4.00. The van der Waals surface area contributed by atoms with Gasteiger partial charge in [-0.3, -0.25) is 4.79 Å². The van der Waals surface area contributed by atoms with E-state index in [1.807, 2.05) is 0 Å². The van der Waals surface area contributed by atoms with Gasteiger partial charge in [0.05, 0.1) is 11.1 Å². The molecule has 0 aromatic heterocycles. The molecule has 1 aliphatic heterocycles. The molecule has 5 heteroatoms. The minimum absolute atomic E-state index is 0.0133. The summed E-state index contributed by atoms with van der Waals surface area (Å²) in [5.74, 6) is -0.576. The SMILES string of the molecule is O=C(Nc1ccc(F)c(Cl)c1)[C@H]1CCCCN1. The molecule has 92 valence electrons. The predicted octanol–water partition coefficient (Wildman–Crippen LogP) is 2.56. The van der Waals surface area contributed by atoms with Crippen molar-refractivity contribution in [3.05, 3.63) is 29.0 Å². The first-order valence-electron chi connectivity index (χ1n) is 5.66. The van der Waals surface area contributed by atoms with E-state index in [4.69, 9.17) is 11.6 Å². The lowest BCUT2D eigenvalue weighted by Gasteiger charge is -2.22. The van der Waals surface area contributed by atoms with Gasteiger partial charge in [-0.25, -0.2) is 4.39 Å². The molecule has 0 aliphatic carbocycles. The minimum atomic E-state index is -0.486. The van der Waals surface area contributed by atoms with Crippen LogP contribution in [-0.4, -0.2) is 18.5 Å². The number of hydrogen-bond donors (Lipinski definition) is 2. The molecule has 17 heavy (non-hydrogen) atoms. The smallest absolute Gasteiger partial charge is 0.241 e. The monoisotopic (exact) mass is 256 g/mol. The van der Waals surface area contributed by atoms with Crippen LogP contribution in [0.25, 0.3) is 0 Å². The molecule has 1 fully saturated rings. The summed E-state index contributed by atoms with van der Waals surface area (Å²) in [6.45, 7) is 0.863. The van der Waals surface area contributed by atoms with E-state index in [1.165, 1.54) is 18.2 Å². The average molecular weight is 257 g/mol. The van der Waals surface area contributed by atoms with E-state index in [2.05, 4.69) is 10.6 Å². The van der Waals surface area contributed by atoms with Crippen LogP contribution in [0, 0.1) is 5.82 Å². The number of nitrogens with one attached hydrogen (secondary N) is 2. The lowest BCUT2D eigenvalue weighted by atomic mass is 10.0. The molecule has 1 aromatic rings. The second kappa shape index (κ2) is 5.47. The maximum absolute atomic E-state index is 12.9. The van der Waals surface area contributed by atoms with Crippen LogP contribution in [0.5, 0.6) is 0 Å². The molecule has 0 spiro atoms. The number of amides is 1. The second-order valence-electron chi connectivity index (χ2n) is 4.12. The molecule has 1 amide bonds. The maximum atomic E-state index is 12.9. The average Bonchev–Trinajstić information content (AvgIpc) is 2.35. The molecular weight excluding hydrogens is 243 g/mol. The first-order valence-corrected chi connectivity index (χ1v) is 6.04. The Balaban J connectivity index is 1.99. The van der Waals surface area contributed by atoms with Crippen LogP contribution in [0.15, 0.2) is 18.2 Å². The summed E-state index contributed by atoms with van der Waals surface area (Å²) in [5.41, 5.74) is 0.522. The van der Waals surface area contributed by atoms with Gasteiger partial charge in [0.2, 0.25) is 5.91 Å². The van der Waals surface area contributed by atoms with Gasteiger partial charge in [-0.1, -0.05) is 18.0 Å². The largest absolute Gasteiger partial charge is 0.325 e. The number of piperidine rings is 1. The Morgan fingerprint density at radius 2 is 2.29 bits per heavy atom. The summed E-state index contributed by atoms with van der Waals surface area (Å²) in [7, 11) is 0. The Morgan fingerprint density at radius 3 is 2.94 bits per heavy atom. The molecular formula is C12H14ClFN2O. The van der Waals surface area contributed by atoms with Crippen LogP contribution in [0.1, 0.15) is 19.3 Å². The normalized spacial score (nSPS) is 20.0. The van der Waals surface area contributed by atoms with Crippen LogP contribution in [0.4, 0.5) is 10.1 Å². The molecule has 1 aromatic carbocycles. The van der Waals surface area contributed by atoms with Gasteiger partial charge >= 0.3 is 0 Å². The highest BCUT2D eigenvalue weighted by atomic mass is 35.5. The highest BCUT2D eigenvalue weighted by Crippen LogP contribution is 2.20. The zero-order valence-electron chi connectivity index (χ0n) is 9.30. The third kappa shape index (κ3) is 3.17. The summed E-state index contributed by atoms with van der Waals surface area (Å²) >= 11 is 5.64. The van der Waals surface area contributed by atoms with Crippen LogP contribution in [0.2, 0.25) is 5.02 Å². The summed E-state index contributed by atoms with van der Waals surface area (Å²) in [6.07, 6.45) is 2.99. The predicted molar refractivity (Wildman–Crippen MR) is 65.7 cm³/mol. The lowest BCUT2D eigenvalue weighted by molar-refractivity contribution is -0.118. The fourth-order valence-corrected chi connectivity index (χ4v) is 2.06. The summed E-state index contributed by atoms with van der Waals surface area (Å²) in [5, 5.41) is 5.89. The van der Waals surface area contributed by atoms with Crippen molar-refractivity contribution in [3.63, 3.8) is 0 Å². The van der Waals surface area contributed by atoms with Crippen molar-refractivity contribution in [1.29, 1.82) is 0 Å². The Bertz CT molecular complexity index is 419. The minimum Gasteiger partial charge on any atom is -0.325 e. The lowest BCUT2D eigenvalue weighted by Crippen LogP contribution is -2.43. The Labute approximate surface area is 104 Å². The highest BCUT2D eigenvalue weighted by molar-refractivity contribution is 6.31. The van der Waals surface area contributed by atoms with Crippen molar-refractivity contribution in [2.24, 2.45) is 0 Å². The third-order valence-electron chi connectivity index (χ3n) is 2.81. The fraction of sp³-hybridized carbons (Fsp3) is 0.417. The number of benzene rings is 1. The molecule has 1 aliphatic rings. The van der Waals surface area contributed by atoms with E-state index < -0.39 is 5.82 Å². The van der Waals surface area contributed by atoms with E-state index in [0.717, 1.165) is 25.8 Å². The molecule has 0 bridgehead atoms. The number of carbonyl (C=O) groups is 1. The highest BCUT2D eigenvalue weighted by Gasteiger charge is 2.20. The first-order chi connectivity index (χ1) is 8.16. The summed E-state index contributed by atoms with van der Waals surface area (Å²) in [4.78, 5) is 11.9. The van der Waals surface area contributed by atoms with Gasteiger partial charge in [-0.15, -0.1) is 0 Å². The van der Waals surface area contributed by atoms with Crippen molar-refractivity contribution >= 4 is 23.2 Å².